The van der Waals surface area contributed by atoms with Gasteiger partial charge in [-0.2, -0.15) is 5.26 Å². The fourth-order valence-electron chi connectivity index (χ4n) is 5.49. The van der Waals surface area contributed by atoms with Gasteiger partial charge in [0.1, 0.15) is 11.5 Å². The van der Waals surface area contributed by atoms with Gasteiger partial charge in [0.15, 0.2) is 5.60 Å². The Labute approximate surface area is 218 Å². The largest absolute Gasteiger partial charge is 0.497 e. The van der Waals surface area contributed by atoms with Crippen LogP contribution in [0.4, 0.5) is 0 Å². The highest BCUT2D eigenvalue weighted by molar-refractivity contribution is 5.78. The number of carbonyl (C=O) groups is 1. The van der Waals surface area contributed by atoms with E-state index in [1.54, 1.807) is 7.11 Å². The highest BCUT2D eigenvalue weighted by Gasteiger charge is 2.38. The second kappa shape index (κ2) is 15.3. The van der Waals surface area contributed by atoms with E-state index < -0.39 is 11.2 Å². The summed E-state index contributed by atoms with van der Waals surface area (Å²) in [5.74, 6) is 1.50. The predicted octanol–water partition coefficient (Wildman–Crippen LogP) is 5.76. The second-order valence-electron chi connectivity index (χ2n) is 11.1. The average Bonchev–Trinajstić information content (AvgIpc) is 2.89. The van der Waals surface area contributed by atoms with Crippen molar-refractivity contribution in [3.63, 3.8) is 0 Å². The third-order valence-electron chi connectivity index (χ3n) is 7.73. The van der Waals surface area contributed by atoms with E-state index in [0.717, 1.165) is 76.5 Å². The van der Waals surface area contributed by atoms with E-state index in [1.165, 1.54) is 24.8 Å². The van der Waals surface area contributed by atoms with Crippen molar-refractivity contribution in [1.29, 1.82) is 5.26 Å². The van der Waals surface area contributed by atoms with Gasteiger partial charge in [-0.25, -0.2) is 0 Å². The van der Waals surface area contributed by atoms with E-state index in [1.807, 2.05) is 18.2 Å². The number of nitrogens with zero attached hydrogens (tertiary/aromatic N) is 2. The fraction of sp³-hybridized carbons (Fsp3) is 0.733. The van der Waals surface area contributed by atoms with Crippen molar-refractivity contribution in [2.75, 3.05) is 27.7 Å². The lowest BCUT2D eigenvalue weighted by atomic mass is 9.72. The first kappa shape index (κ1) is 30.3. The molecule has 0 bridgehead atoms. The lowest BCUT2D eigenvalue weighted by Crippen LogP contribution is -2.42. The van der Waals surface area contributed by atoms with Gasteiger partial charge >= 0.3 is 0 Å². The highest BCUT2D eigenvalue weighted by Crippen LogP contribution is 2.40. The third kappa shape index (κ3) is 10.2. The molecule has 3 aliphatic rings. The average molecular weight is 501 g/mol. The minimum atomic E-state index is -0.974. The molecule has 0 aromatic heterocycles. The zero-order chi connectivity index (χ0) is 26.4. The van der Waals surface area contributed by atoms with Gasteiger partial charge in [0.05, 0.1) is 18.8 Å². The summed E-state index contributed by atoms with van der Waals surface area (Å²) in [5, 5.41) is 28.9. The van der Waals surface area contributed by atoms with Crippen LogP contribution in [0.15, 0.2) is 24.3 Å². The zero-order valence-corrected chi connectivity index (χ0v) is 22.8. The molecule has 6 nitrogen and oxygen atoms in total. The van der Waals surface area contributed by atoms with Gasteiger partial charge in [0.2, 0.25) is 0 Å². The first-order valence-electron chi connectivity index (χ1n) is 13.9. The molecule has 0 aliphatic heterocycles. The summed E-state index contributed by atoms with van der Waals surface area (Å²) in [7, 11) is 5.83. The maximum absolute atomic E-state index is 11.1. The van der Waals surface area contributed by atoms with Crippen LogP contribution in [0.5, 0.6) is 5.75 Å². The Balaban J connectivity index is 0.000000233. The molecule has 0 amide bonds. The van der Waals surface area contributed by atoms with E-state index in [2.05, 4.69) is 31.1 Å². The molecule has 36 heavy (non-hydrogen) atoms. The van der Waals surface area contributed by atoms with E-state index in [-0.39, 0.29) is 5.92 Å². The Kier molecular flexibility index (Phi) is 12.9. The van der Waals surface area contributed by atoms with Gasteiger partial charge in [-0.1, -0.05) is 44.2 Å². The molecule has 202 valence electrons. The Hall–Kier alpha value is -1.94. The number of ether oxygens (including phenoxy) is 1. The molecule has 2 N–H and O–H groups in total. The smallest absolute Gasteiger partial charge is 0.151 e. The van der Waals surface area contributed by atoms with Crippen LogP contribution in [0.1, 0.15) is 108 Å². The maximum Gasteiger partial charge on any atom is 0.151 e. The van der Waals surface area contributed by atoms with Crippen molar-refractivity contribution < 1.29 is 19.7 Å². The summed E-state index contributed by atoms with van der Waals surface area (Å²) in [6.45, 7) is 0.878. The third-order valence-corrected chi connectivity index (χ3v) is 7.73. The summed E-state index contributed by atoms with van der Waals surface area (Å²) < 4.78 is 5.23. The quantitative estimate of drug-likeness (QED) is 0.499. The van der Waals surface area contributed by atoms with Crippen molar-refractivity contribution >= 4 is 5.78 Å². The number of rotatable bonds is 5. The molecule has 0 saturated heterocycles. The van der Waals surface area contributed by atoms with Crippen LogP contribution < -0.4 is 4.74 Å². The van der Waals surface area contributed by atoms with Crippen LogP contribution in [-0.2, 0) is 4.79 Å². The number of nitriles is 1. The number of hydrogen-bond acceptors (Lipinski definition) is 6. The molecule has 3 saturated carbocycles. The molecule has 0 radical (unpaired) electrons. The summed E-state index contributed by atoms with van der Waals surface area (Å²) in [6.07, 6.45) is 15.1. The molecule has 0 unspecified atom stereocenters. The predicted molar refractivity (Wildman–Crippen MR) is 144 cm³/mol. The topological polar surface area (TPSA) is 93.8 Å². The molecular formula is C30H48N2O4. The van der Waals surface area contributed by atoms with Crippen LogP contribution in [0.2, 0.25) is 0 Å². The Morgan fingerprint density at radius 2 is 1.39 bits per heavy atom. The number of likely N-dealkylation sites (N-methyl/N-ethyl adjacent to an activating group) is 1. The van der Waals surface area contributed by atoms with E-state index in [4.69, 9.17) is 10.00 Å². The lowest BCUT2D eigenvalue weighted by Gasteiger charge is -2.40. The molecular weight excluding hydrogens is 452 g/mol. The van der Waals surface area contributed by atoms with Crippen LogP contribution in [0, 0.1) is 11.3 Å². The molecule has 0 heterocycles. The number of aliphatic hydroxyl groups is 2. The SMILES string of the molecule is COc1ccc([C@H](CN(C)C)C2(O)CCCCC2)cc1.N#CC1(O)CCCCC1.O=C1CCCCC1. The highest BCUT2D eigenvalue weighted by atomic mass is 16.5. The summed E-state index contributed by atoms with van der Waals surface area (Å²) in [6, 6.07) is 10.1. The van der Waals surface area contributed by atoms with E-state index in [9.17, 15) is 15.0 Å². The van der Waals surface area contributed by atoms with Crippen molar-refractivity contribution in [3.05, 3.63) is 29.8 Å². The van der Waals surface area contributed by atoms with Gasteiger partial charge in [0.25, 0.3) is 0 Å². The normalized spacial score (nSPS) is 21.6. The number of ketones is 1. The molecule has 1 aromatic rings. The molecule has 3 aliphatic carbocycles. The first-order valence-corrected chi connectivity index (χ1v) is 13.9. The van der Waals surface area contributed by atoms with Crippen molar-refractivity contribution in [2.24, 2.45) is 0 Å². The van der Waals surface area contributed by atoms with Gasteiger partial charge in [-0.05, 0) is 83.2 Å². The first-order chi connectivity index (χ1) is 17.2. The monoisotopic (exact) mass is 500 g/mol. The van der Waals surface area contributed by atoms with E-state index in [0.29, 0.717) is 18.6 Å². The Morgan fingerprint density at radius 1 is 0.889 bits per heavy atom. The number of carbonyl (C=O) groups excluding carboxylic acids is 1. The van der Waals surface area contributed by atoms with Gasteiger partial charge in [-0.3, -0.25) is 4.79 Å². The Morgan fingerprint density at radius 3 is 1.78 bits per heavy atom. The summed E-state index contributed by atoms with van der Waals surface area (Å²) in [5.41, 5.74) is -0.320. The standard InChI is InChI=1S/C17H27NO2.C7H11NO.C6H10O/c1-18(2)13-16(17(19)11-5-4-6-12-17)14-7-9-15(20-3)10-8-14;8-6-7(9)4-2-1-3-5-7;7-6-4-2-1-3-5-6/h7-10,16,19H,4-6,11-13H2,1-3H3;9H,1-5H2;1-5H2/t16-;;/m0../s1. The number of benzene rings is 1. The maximum atomic E-state index is 11.1. The zero-order valence-electron chi connectivity index (χ0n) is 22.8. The molecule has 0 spiro atoms. The van der Waals surface area contributed by atoms with Crippen LogP contribution in [-0.4, -0.2) is 59.8 Å². The number of methoxy groups -OCH3 is 1. The van der Waals surface area contributed by atoms with Crippen LogP contribution in [0.3, 0.4) is 0 Å². The summed E-state index contributed by atoms with van der Waals surface area (Å²) in [4.78, 5) is 12.6. The Bertz CT molecular complexity index is 795. The van der Waals surface area contributed by atoms with Gasteiger partial charge in [0, 0.05) is 25.3 Å². The minimum Gasteiger partial charge on any atom is -0.497 e. The van der Waals surface area contributed by atoms with Gasteiger partial charge < -0.3 is 19.8 Å². The van der Waals surface area contributed by atoms with Crippen molar-refractivity contribution in [3.8, 4) is 11.8 Å². The van der Waals surface area contributed by atoms with E-state index >= 15 is 0 Å². The summed E-state index contributed by atoms with van der Waals surface area (Å²) >= 11 is 0. The molecule has 4 rings (SSSR count). The van der Waals surface area contributed by atoms with Crippen molar-refractivity contribution in [1.82, 2.24) is 4.90 Å². The van der Waals surface area contributed by atoms with Gasteiger partial charge in [-0.15, -0.1) is 0 Å². The number of Topliss-reactive ketones (excluding diaryl/α,β-unsaturated/α-hetero) is 1. The second-order valence-corrected chi connectivity index (χ2v) is 11.1. The van der Waals surface area contributed by atoms with Crippen molar-refractivity contribution in [2.45, 2.75) is 113 Å². The minimum absolute atomic E-state index is 0.170. The fourth-order valence-corrected chi connectivity index (χ4v) is 5.49. The number of hydrogen-bond donors (Lipinski definition) is 2. The van der Waals surface area contributed by atoms with Crippen LogP contribution in [0.25, 0.3) is 0 Å². The molecule has 6 heteroatoms. The molecule has 3 fully saturated rings. The lowest BCUT2D eigenvalue weighted by molar-refractivity contribution is -0.120. The van der Waals surface area contributed by atoms with Crippen LogP contribution >= 0.6 is 0 Å². The molecule has 1 aromatic carbocycles. The molecule has 1 atom stereocenters.